The van der Waals surface area contributed by atoms with Crippen molar-refractivity contribution in [2.75, 3.05) is 10.2 Å². The summed E-state index contributed by atoms with van der Waals surface area (Å²) < 4.78 is 38.8. The summed E-state index contributed by atoms with van der Waals surface area (Å²) in [5, 5.41) is 1.87. The average molecular weight is 397 g/mol. The maximum Gasteiger partial charge on any atom is 0.417 e. The molecular weight excluding hydrogens is 385 g/mol. The molecule has 1 aliphatic rings. The van der Waals surface area contributed by atoms with Crippen molar-refractivity contribution in [3.05, 3.63) is 58.6 Å². The highest BCUT2D eigenvalue weighted by atomic mass is 35.5. The minimum atomic E-state index is -4.66. The summed E-state index contributed by atoms with van der Waals surface area (Å²) in [5.74, 6) is -1.43. The van der Waals surface area contributed by atoms with Crippen LogP contribution < -0.4 is 10.2 Å². The van der Waals surface area contributed by atoms with E-state index in [0.717, 1.165) is 17.0 Å². The first-order chi connectivity index (χ1) is 12.7. The Bertz CT molecular complexity index is 928. The van der Waals surface area contributed by atoms with Crippen molar-refractivity contribution in [2.24, 2.45) is 0 Å². The van der Waals surface area contributed by atoms with Crippen molar-refractivity contribution in [1.82, 2.24) is 0 Å². The second-order valence-electron chi connectivity index (χ2n) is 5.82. The first-order valence-corrected chi connectivity index (χ1v) is 8.18. The van der Waals surface area contributed by atoms with Crippen LogP contribution >= 0.6 is 11.6 Å². The molecule has 0 aliphatic carbocycles. The maximum absolute atomic E-state index is 12.9. The van der Waals surface area contributed by atoms with E-state index in [9.17, 15) is 27.6 Å². The number of benzene rings is 2. The molecule has 0 atom stereocenters. The Kier molecular flexibility index (Phi) is 4.93. The molecule has 1 N–H and O–H groups in total. The third-order valence-corrected chi connectivity index (χ3v) is 4.28. The molecule has 1 aliphatic heterocycles. The normalized spacial score (nSPS) is 14.6. The molecule has 0 spiro atoms. The van der Waals surface area contributed by atoms with Gasteiger partial charge in [-0.15, -0.1) is 0 Å². The van der Waals surface area contributed by atoms with Gasteiger partial charge >= 0.3 is 6.18 Å². The van der Waals surface area contributed by atoms with E-state index in [4.69, 9.17) is 11.6 Å². The number of amides is 3. The molecule has 0 bridgehead atoms. The van der Waals surface area contributed by atoms with Gasteiger partial charge in [0.05, 0.1) is 16.3 Å². The number of nitrogens with zero attached hydrogens (tertiary/aromatic N) is 1. The predicted octanol–water partition coefficient (Wildman–Crippen LogP) is 4.26. The first kappa shape index (κ1) is 18.9. The molecule has 3 amide bonds. The van der Waals surface area contributed by atoms with Gasteiger partial charge in [0.1, 0.15) is 0 Å². The highest BCUT2D eigenvalue weighted by molar-refractivity contribution is 6.31. The number of carbonyl (C=O) groups excluding carboxylic acids is 3. The van der Waals surface area contributed by atoms with Crippen LogP contribution in [0.2, 0.25) is 5.02 Å². The van der Waals surface area contributed by atoms with Gasteiger partial charge in [-0.05, 0) is 36.4 Å². The van der Waals surface area contributed by atoms with Crippen molar-refractivity contribution in [1.29, 1.82) is 0 Å². The fraction of sp³-hybridized carbons (Fsp3) is 0.167. The summed E-state index contributed by atoms with van der Waals surface area (Å²) >= 11 is 5.55. The largest absolute Gasteiger partial charge is 0.417 e. The van der Waals surface area contributed by atoms with E-state index in [1.54, 1.807) is 0 Å². The Balaban J connectivity index is 1.84. The number of anilines is 2. The number of rotatable bonds is 3. The molecule has 9 heteroatoms. The summed E-state index contributed by atoms with van der Waals surface area (Å²) in [4.78, 5) is 37.0. The molecule has 2 aromatic rings. The van der Waals surface area contributed by atoms with E-state index in [0.29, 0.717) is 0 Å². The lowest BCUT2D eigenvalue weighted by Crippen LogP contribution is -2.28. The SMILES string of the molecule is O=C(Nc1ccc(Cl)c(C(F)(F)F)c1)c1cccc(N2C(=O)CCC2=O)c1. The highest BCUT2D eigenvalue weighted by Gasteiger charge is 2.33. The van der Waals surface area contributed by atoms with Gasteiger partial charge in [-0.1, -0.05) is 17.7 Å². The van der Waals surface area contributed by atoms with Crippen molar-refractivity contribution >= 4 is 40.7 Å². The van der Waals surface area contributed by atoms with Crippen LogP contribution in [0.25, 0.3) is 0 Å². The quantitative estimate of drug-likeness (QED) is 0.788. The Morgan fingerprint density at radius 3 is 2.33 bits per heavy atom. The third-order valence-electron chi connectivity index (χ3n) is 3.95. The monoisotopic (exact) mass is 396 g/mol. The zero-order valence-corrected chi connectivity index (χ0v) is 14.4. The molecule has 1 heterocycles. The van der Waals surface area contributed by atoms with Crippen LogP contribution in [0.3, 0.4) is 0 Å². The lowest BCUT2D eigenvalue weighted by molar-refractivity contribution is -0.137. The van der Waals surface area contributed by atoms with Crippen LogP contribution in [-0.4, -0.2) is 17.7 Å². The van der Waals surface area contributed by atoms with Gasteiger partial charge in [0.2, 0.25) is 11.8 Å². The predicted molar refractivity (Wildman–Crippen MR) is 92.6 cm³/mol. The molecule has 2 aromatic carbocycles. The number of hydrogen-bond donors (Lipinski definition) is 1. The smallest absolute Gasteiger partial charge is 0.322 e. The van der Waals surface area contributed by atoms with Crippen LogP contribution in [0.5, 0.6) is 0 Å². The molecule has 1 saturated heterocycles. The second-order valence-corrected chi connectivity index (χ2v) is 6.23. The standard InChI is InChI=1S/C18H12ClF3N2O3/c19-14-5-4-11(9-13(14)18(20,21)22)23-17(27)10-2-1-3-12(8-10)24-15(25)6-7-16(24)26/h1-5,8-9H,6-7H2,(H,23,27). The lowest BCUT2D eigenvalue weighted by Gasteiger charge is -2.15. The molecule has 0 radical (unpaired) electrons. The number of alkyl halides is 3. The van der Waals surface area contributed by atoms with Crippen LogP contribution in [0, 0.1) is 0 Å². The number of imide groups is 1. The van der Waals surface area contributed by atoms with E-state index in [2.05, 4.69) is 5.32 Å². The summed E-state index contributed by atoms with van der Waals surface area (Å²) in [6, 6.07) is 8.75. The number of halogens is 4. The van der Waals surface area contributed by atoms with Gasteiger partial charge in [0.15, 0.2) is 0 Å². The second kappa shape index (κ2) is 7.03. The van der Waals surface area contributed by atoms with E-state index in [1.165, 1.54) is 30.3 Å². The molecule has 1 fully saturated rings. The molecule has 0 unspecified atom stereocenters. The number of nitrogens with one attached hydrogen (secondary N) is 1. The summed E-state index contributed by atoms with van der Waals surface area (Å²) in [7, 11) is 0. The van der Waals surface area contributed by atoms with Gasteiger partial charge in [-0.3, -0.25) is 19.3 Å². The Morgan fingerprint density at radius 1 is 1.04 bits per heavy atom. The van der Waals surface area contributed by atoms with Crippen LogP contribution in [-0.2, 0) is 15.8 Å². The van der Waals surface area contributed by atoms with Gasteiger partial charge in [-0.25, -0.2) is 0 Å². The van der Waals surface area contributed by atoms with Gasteiger partial charge in [-0.2, -0.15) is 13.2 Å². The molecule has 0 aromatic heterocycles. The Morgan fingerprint density at radius 2 is 1.70 bits per heavy atom. The molecule has 27 heavy (non-hydrogen) atoms. The maximum atomic E-state index is 12.9. The highest BCUT2D eigenvalue weighted by Crippen LogP contribution is 2.36. The van der Waals surface area contributed by atoms with Crippen LogP contribution in [0.4, 0.5) is 24.5 Å². The lowest BCUT2D eigenvalue weighted by atomic mass is 10.1. The first-order valence-electron chi connectivity index (χ1n) is 7.81. The minimum absolute atomic E-state index is 0.0866. The summed E-state index contributed by atoms with van der Waals surface area (Å²) in [6.45, 7) is 0. The molecule has 3 rings (SSSR count). The summed E-state index contributed by atoms with van der Waals surface area (Å²) in [5.41, 5.74) is -0.829. The van der Waals surface area contributed by atoms with E-state index in [1.807, 2.05) is 0 Å². The third kappa shape index (κ3) is 3.95. The molecular formula is C18H12ClF3N2O3. The van der Waals surface area contributed by atoms with E-state index >= 15 is 0 Å². The fourth-order valence-electron chi connectivity index (χ4n) is 2.67. The Labute approximate surface area is 156 Å². The van der Waals surface area contributed by atoms with Gasteiger partial charge < -0.3 is 5.32 Å². The minimum Gasteiger partial charge on any atom is -0.322 e. The van der Waals surface area contributed by atoms with Gasteiger partial charge in [0, 0.05) is 24.1 Å². The van der Waals surface area contributed by atoms with Crippen LogP contribution in [0.1, 0.15) is 28.8 Å². The number of hydrogen-bond acceptors (Lipinski definition) is 3. The van der Waals surface area contributed by atoms with Crippen molar-refractivity contribution in [3.8, 4) is 0 Å². The number of carbonyl (C=O) groups is 3. The van der Waals surface area contributed by atoms with Crippen molar-refractivity contribution in [2.45, 2.75) is 19.0 Å². The molecule has 0 saturated carbocycles. The average Bonchev–Trinajstić information content (AvgIpc) is 2.94. The molecule has 140 valence electrons. The fourth-order valence-corrected chi connectivity index (χ4v) is 2.90. The molecule has 5 nitrogen and oxygen atoms in total. The van der Waals surface area contributed by atoms with Crippen LogP contribution in [0.15, 0.2) is 42.5 Å². The van der Waals surface area contributed by atoms with Crippen molar-refractivity contribution in [3.63, 3.8) is 0 Å². The van der Waals surface area contributed by atoms with E-state index in [-0.39, 0.29) is 41.6 Å². The topological polar surface area (TPSA) is 66.5 Å². The zero-order valence-electron chi connectivity index (χ0n) is 13.6. The Hall–Kier alpha value is -2.87. The zero-order chi connectivity index (χ0) is 19.8. The van der Waals surface area contributed by atoms with Gasteiger partial charge in [0.25, 0.3) is 5.91 Å². The van der Waals surface area contributed by atoms with Crippen molar-refractivity contribution < 1.29 is 27.6 Å². The summed E-state index contributed by atoms with van der Waals surface area (Å²) in [6.07, 6.45) is -4.46. The van der Waals surface area contributed by atoms with E-state index < -0.39 is 22.7 Å².